The molecular formula is C16H17N3O3. The molecule has 0 saturated carbocycles. The number of benzene rings is 2. The molecule has 0 bridgehead atoms. The molecule has 2 aromatic carbocycles. The number of hydrogen-bond acceptors (Lipinski definition) is 4. The Morgan fingerprint density at radius 3 is 2.45 bits per heavy atom. The van der Waals surface area contributed by atoms with Gasteiger partial charge in [0.2, 0.25) is 5.91 Å². The van der Waals surface area contributed by atoms with Crippen LogP contribution in [0.3, 0.4) is 0 Å². The number of nitrogens with zero attached hydrogens (tertiary/aromatic N) is 1. The van der Waals surface area contributed by atoms with Crippen molar-refractivity contribution in [3.8, 4) is 0 Å². The normalized spacial score (nSPS) is 10.0. The highest BCUT2D eigenvalue weighted by Crippen LogP contribution is 2.23. The summed E-state index contributed by atoms with van der Waals surface area (Å²) in [5, 5.41) is 16.7. The van der Waals surface area contributed by atoms with Crippen molar-refractivity contribution in [2.24, 2.45) is 0 Å². The molecule has 0 heterocycles. The molecule has 0 aliphatic heterocycles. The minimum absolute atomic E-state index is 0.0727. The molecule has 0 fully saturated rings. The quantitative estimate of drug-likeness (QED) is 0.633. The summed E-state index contributed by atoms with van der Waals surface area (Å²) < 4.78 is 0. The Balaban J connectivity index is 1.91. The summed E-state index contributed by atoms with van der Waals surface area (Å²) in [4.78, 5) is 21.5. The molecule has 6 heteroatoms. The van der Waals surface area contributed by atoms with Crippen LogP contribution in [0.5, 0.6) is 0 Å². The monoisotopic (exact) mass is 299 g/mol. The summed E-state index contributed by atoms with van der Waals surface area (Å²) in [5.41, 5.74) is 2.42. The van der Waals surface area contributed by atoms with E-state index < -0.39 is 4.92 Å². The third-order valence-electron chi connectivity index (χ3n) is 3.10. The third-order valence-corrected chi connectivity index (χ3v) is 3.10. The number of para-hydroxylation sites is 2. The largest absolute Gasteiger partial charge is 0.379 e. The number of rotatable bonds is 6. The fourth-order valence-electron chi connectivity index (χ4n) is 2.08. The van der Waals surface area contributed by atoms with Gasteiger partial charge in [-0.3, -0.25) is 14.9 Å². The molecule has 22 heavy (non-hydrogen) atoms. The van der Waals surface area contributed by atoms with Crippen LogP contribution in [0.25, 0.3) is 0 Å². The second-order valence-corrected chi connectivity index (χ2v) is 4.83. The number of amides is 1. The van der Waals surface area contributed by atoms with Crippen LogP contribution in [-0.2, 0) is 11.2 Å². The Kier molecular flexibility index (Phi) is 5.08. The maximum Gasteiger partial charge on any atom is 0.292 e. The Hall–Kier alpha value is -2.89. The minimum atomic E-state index is -0.398. The van der Waals surface area contributed by atoms with E-state index in [9.17, 15) is 14.9 Å². The van der Waals surface area contributed by atoms with E-state index in [4.69, 9.17) is 0 Å². The number of nitrogens with one attached hydrogen (secondary N) is 2. The van der Waals surface area contributed by atoms with E-state index in [0.717, 1.165) is 17.7 Å². The fraction of sp³-hybridized carbons (Fsp3) is 0.188. The molecule has 0 spiro atoms. The molecule has 114 valence electrons. The molecule has 6 nitrogen and oxygen atoms in total. The molecule has 0 aromatic heterocycles. The second kappa shape index (κ2) is 7.21. The number of nitro groups is 1. The average molecular weight is 299 g/mol. The van der Waals surface area contributed by atoms with E-state index in [1.807, 2.05) is 24.3 Å². The van der Waals surface area contributed by atoms with Gasteiger partial charge in [-0.2, -0.15) is 0 Å². The van der Waals surface area contributed by atoms with Crippen molar-refractivity contribution >= 4 is 23.0 Å². The van der Waals surface area contributed by atoms with Gasteiger partial charge in [-0.05, 0) is 30.2 Å². The molecule has 1 amide bonds. The van der Waals surface area contributed by atoms with Gasteiger partial charge in [-0.1, -0.05) is 24.3 Å². The van der Waals surface area contributed by atoms with Crippen molar-refractivity contribution in [2.45, 2.75) is 13.3 Å². The number of anilines is 2. The Morgan fingerprint density at radius 2 is 1.82 bits per heavy atom. The van der Waals surface area contributed by atoms with Gasteiger partial charge in [-0.15, -0.1) is 0 Å². The Morgan fingerprint density at radius 1 is 1.14 bits per heavy atom. The maximum absolute atomic E-state index is 10.9. The van der Waals surface area contributed by atoms with Crippen LogP contribution in [0, 0.1) is 10.1 Å². The predicted octanol–water partition coefficient (Wildman–Crippen LogP) is 3.21. The summed E-state index contributed by atoms with van der Waals surface area (Å²) in [6, 6.07) is 14.1. The van der Waals surface area contributed by atoms with Gasteiger partial charge in [0.15, 0.2) is 0 Å². The molecule has 2 rings (SSSR count). The fourth-order valence-corrected chi connectivity index (χ4v) is 2.08. The number of nitro benzene ring substituents is 1. The van der Waals surface area contributed by atoms with Crippen molar-refractivity contribution < 1.29 is 9.72 Å². The SMILES string of the molecule is CC(=O)Nc1ccc(CCNc2ccccc2[N+](=O)[O-])cc1. The van der Waals surface area contributed by atoms with Crippen LogP contribution in [0.15, 0.2) is 48.5 Å². The standard InChI is InChI=1S/C16H17N3O3/c1-12(20)18-14-8-6-13(7-9-14)10-11-17-15-4-2-3-5-16(15)19(21)22/h2-9,17H,10-11H2,1H3,(H,18,20). The highest BCUT2D eigenvalue weighted by molar-refractivity contribution is 5.88. The lowest BCUT2D eigenvalue weighted by Gasteiger charge is -2.08. The summed E-state index contributed by atoms with van der Waals surface area (Å²) in [6.07, 6.45) is 0.729. The van der Waals surface area contributed by atoms with Gasteiger partial charge in [0, 0.05) is 25.2 Å². The molecule has 0 saturated heterocycles. The van der Waals surface area contributed by atoms with Gasteiger partial charge in [0.1, 0.15) is 5.69 Å². The van der Waals surface area contributed by atoms with Crippen LogP contribution in [-0.4, -0.2) is 17.4 Å². The van der Waals surface area contributed by atoms with Crippen LogP contribution < -0.4 is 10.6 Å². The molecule has 0 atom stereocenters. The second-order valence-electron chi connectivity index (χ2n) is 4.83. The number of carbonyl (C=O) groups excluding carboxylic acids is 1. The zero-order chi connectivity index (χ0) is 15.9. The molecule has 0 radical (unpaired) electrons. The van der Waals surface area contributed by atoms with Gasteiger partial charge in [-0.25, -0.2) is 0 Å². The van der Waals surface area contributed by atoms with Crippen molar-refractivity contribution in [3.63, 3.8) is 0 Å². The number of hydrogen-bond donors (Lipinski definition) is 2. The van der Waals surface area contributed by atoms with Crippen molar-refractivity contribution in [2.75, 3.05) is 17.2 Å². The third kappa shape index (κ3) is 4.31. The zero-order valence-electron chi connectivity index (χ0n) is 12.2. The van der Waals surface area contributed by atoms with Crippen LogP contribution in [0.2, 0.25) is 0 Å². The molecule has 0 aliphatic rings. The van der Waals surface area contributed by atoms with Crippen molar-refractivity contribution in [3.05, 3.63) is 64.2 Å². The first-order valence-electron chi connectivity index (χ1n) is 6.90. The highest BCUT2D eigenvalue weighted by atomic mass is 16.6. The maximum atomic E-state index is 10.9. The smallest absolute Gasteiger partial charge is 0.292 e. The van der Waals surface area contributed by atoms with Crippen LogP contribution >= 0.6 is 0 Å². The lowest BCUT2D eigenvalue weighted by atomic mass is 10.1. The summed E-state index contributed by atoms with van der Waals surface area (Å²) in [6.45, 7) is 2.05. The van der Waals surface area contributed by atoms with E-state index >= 15 is 0 Å². The first-order chi connectivity index (χ1) is 10.6. The zero-order valence-corrected chi connectivity index (χ0v) is 12.2. The first-order valence-corrected chi connectivity index (χ1v) is 6.90. The van der Waals surface area contributed by atoms with Gasteiger partial charge >= 0.3 is 0 Å². The molecule has 0 aliphatic carbocycles. The first kappa shape index (κ1) is 15.5. The van der Waals surface area contributed by atoms with E-state index in [-0.39, 0.29) is 11.6 Å². The van der Waals surface area contributed by atoms with Crippen LogP contribution in [0.4, 0.5) is 17.1 Å². The lowest BCUT2D eigenvalue weighted by molar-refractivity contribution is -0.384. The summed E-state index contributed by atoms with van der Waals surface area (Å²) in [7, 11) is 0. The summed E-state index contributed by atoms with van der Waals surface area (Å²) >= 11 is 0. The number of carbonyl (C=O) groups is 1. The Labute approximate surface area is 128 Å². The van der Waals surface area contributed by atoms with Gasteiger partial charge in [0.05, 0.1) is 4.92 Å². The van der Waals surface area contributed by atoms with Crippen LogP contribution in [0.1, 0.15) is 12.5 Å². The van der Waals surface area contributed by atoms with E-state index in [2.05, 4.69) is 10.6 Å². The molecule has 2 aromatic rings. The van der Waals surface area contributed by atoms with Gasteiger partial charge < -0.3 is 10.6 Å². The van der Waals surface area contributed by atoms with Crippen molar-refractivity contribution in [1.29, 1.82) is 0 Å². The van der Waals surface area contributed by atoms with Gasteiger partial charge in [0.25, 0.3) is 5.69 Å². The predicted molar refractivity (Wildman–Crippen MR) is 86.0 cm³/mol. The van der Waals surface area contributed by atoms with E-state index in [0.29, 0.717) is 12.2 Å². The average Bonchev–Trinajstić information content (AvgIpc) is 2.49. The van der Waals surface area contributed by atoms with E-state index in [1.54, 1.807) is 18.2 Å². The van der Waals surface area contributed by atoms with Crippen molar-refractivity contribution in [1.82, 2.24) is 0 Å². The van der Waals surface area contributed by atoms with E-state index in [1.165, 1.54) is 13.0 Å². The molecule has 0 unspecified atom stereocenters. The minimum Gasteiger partial charge on any atom is -0.379 e. The summed E-state index contributed by atoms with van der Waals surface area (Å²) in [5.74, 6) is -0.106. The topological polar surface area (TPSA) is 84.3 Å². The molecular weight excluding hydrogens is 282 g/mol. The lowest BCUT2D eigenvalue weighted by Crippen LogP contribution is -2.07. The molecule has 2 N–H and O–H groups in total. The highest BCUT2D eigenvalue weighted by Gasteiger charge is 2.11. The Bertz CT molecular complexity index is 669.